The smallest absolute Gasteiger partial charge is 0.410 e. The topological polar surface area (TPSA) is 38.8 Å². The van der Waals surface area contributed by atoms with Crippen LogP contribution >= 0.6 is 15.9 Å². The summed E-state index contributed by atoms with van der Waals surface area (Å²) >= 11 is 3.52. The normalized spacial score (nSPS) is 17.9. The average molecular weight is 398 g/mol. The lowest BCUT2D eigenvalue weighted by Crippen LogP contribution is -2.35. The Morgan fingerprint density at radius 2 is 2.12 bits per heavy atom. The number of benzene rings is 1. The van der Waals surface area contributed by atoms with E-state index in [1.54, 1.807) is 0 Å². The molecule has 1 aliphatic rings. The first-order chi connectivity index (χ1) is 11.3. The van der Waals surface area contributed by atoms with Crippen molar-refractivity contribution in [1.82, 2.24) is 4.90 Å². The number of likely N-dealkylation sites (tertiary alicyclic amines) is 1. The minimum absolute atomic E-state index is 0.189. The van der Waals surface area contributed by atoms with Gasteiger partial charge in [-0.15, -0.1) is 0 Å². The van der Waals surface area contributed by atoms with Gasteiger partial charge in [0.15, 0.2) is 0 Å². The van der Waals surface area contributed by atoms with Crippen LogP contribution in [0.3, 0.4) is 0 Å². The maximum absolute atomic E-state index is 12.1. The Morgan fingerprint density at radius 3 is 2.83 bits per heavy atom. The first-order valence-electron chi connectivity index (χ1n) is 8.62. The molecule has 1 amide bonds. The standard InChI is InChI=1S/C19H28BrNO3/c1-14-16(20)8-5-9-17(14)23-12-6-7-15-10-11-21(13-15)18(22)24-19(2,3)4/h5,8-9,15H,6-7,10-13H2,1-4H3. The summed E-state index contributed by atoms with van der Waals surface area (Å²) in [4.78, 5) is 13.9. The SMILES string of the molecule is Cc1c(Br)cccc1OCCCC1CCN(C(=O)OC(C)(C)C)C1. The van der Waals surface area contributed by atoms with Crippen LogP contribution in [0.1, 0.15) is 45.6 Å². The van der Waals surface area contributed by atoms with Crippen molar-refractivity contribution in [2.75, 3.05) is 19.7 Å². The summed E-state index contributed by atoms with van der Waals surface area (Å²) in [6.45, 7) is 10.1. The molecule has 1 saturated heterocycles. The van der Waals surface area contributed by atoms with E-state index in [4.69, 9.17) is 9.47 Å². The van der Waals surface area contributed by atoms with Gasteiger partial charge in [0.25, 0.3) is 0 Å². The second-order valence-electron chi connectivity index (χ2n) is 7.43. The average Bonchev–Trinajstić information content (AvgIpc) is 2.95. The fraction of sp³-hybridized carbons (Fsp3) is 0.632. The fourth-order valence-corrected chi connectivity index (χ4v) is 3.21. The third-order valence-corrected chi connectivity index (χ3v) is 5.03. The lowest BCUT2D eigenvalue weighted by molar-refractivity contribution is 0.0287. The van der Waals surface area contributed by atoms with Crippen LogP contribution in [0.4, 0.5) is 4.79 Å². The van der Waals surface area contributed by atoms with Gasteiger partial charge >= 0.3 is 6.09 Å². The van der Waals surface area contributed by atoms with E-state index in [0.717, 1.165) is 48.1 Å². The van der Waals surface area contributed by atoms with E-state index in [-0.39, 0.29) is 6.09 Å². The zero-order valence-corrected chi connectivity index (χ0v) is 16.7. The molecule has 0 aromatic heterocycles. The van der Waals surface area contributed by atoms with Crippen LogP contribution in [0.2, 0.25) is 0 Å². The van der Waals surface area contributed by atoms with Crippen molar-refractivity contribution in [3.63, 3.8) is 0 Å². The largest absolute Gasteiger partial charge is 0.493 e. The Kier molecular flexibility index (Phi) is 6.55. The second-order valence-corrected chi connectivity index (χ2v) is 8.29. The summed E-state index contributed by atoms with van der Waals surface area (Å²) in [6.07, 6.45) is 2.94. The summed E-state index contributed by atoms with van der Waals surface area (Å²) in [7, 11) is 0. The van der Waals surface area contributed by atoms with Crippen molar-refractivity contribution >= 4 is 22.0 Å². The number of carbonyl (C=O) groups is 1. The molecule has 1 heterocycles. The van der Waals surface area contributed by atoms with Crippen molar-refractivity contribution < 1.29 is 14.3 Å². The number of halogens is 1. The molecule has 1 aromatic carbocycles. The minimum Gasteiger partial charge on any atom is -0.493 e. The molecule has 1 fully saturated rings. The zero-order chi connectivity index (χ0) is 17.7. The molecule has 5 heteroatoms. The Morgan fingerprint density at radius 1 is 1.38 bits per heavy atom. The van der Waals surface area contributed by atoms with Gasteiger partial charge in [-0.25, -0.2) is 4.79 Å². The number of hydrogen-bond donors (Lipinski definition) is 0. The molecule has 4 nitrogen and oxygen atoms in total. The number of amides is 1. The molecule has 0 radical (unpaired) electrons. The Labute approximate surface area is 153 Å². The zero-order valence-electron chi connectivity index (χ0n) is 15.1. The van der Waals surface area contributed by atoms with E-state index in [9.17, 15) is 4.79 Å². The van der Waals surface area contributed by atoms with Crippen molar-refractivity contribution in [1.29, 1.82) is 0 Å². The van der Waals surface area contributed by atoms with Gasteiger partial charge in [-0.1, -0.05) is 22.0 Å². The van der Waals surface area contributed by atoms with Crippen molar-refractivity contribution in [3.8, 4) is 5.75 Å². The number of ether oxygens (including phenoxy) is 2. The molecule has 0 spiro atoms. The predicted molar refractivity (Wildman–Crippen MR) is 99.5 cm³/mol. The molecule has 1 atom stereocenters. The van der Waals surface area contributed by atoms with Crippen LogP contribution in [0.15, 0.2) is 22.7 Å². The van der Waals surface area contributed by atoms with Gasteiger partial charge in [0.05, 0.1) is 6.61 Å². The quantitative estimate of drug-likeness (QED) is 0.642. The highest BCUT2D eigenvalue weighted by atomic mass is 79.9. The van der Waals surface area contributed by atoms with Crippen LogP contribution in [0.25, 0.3) is 0 Å². The maximum Gasteiger partial charge on any atom is 0.410 e. The summed E-state index contributed by atoms with van der Waals surface area (Å²) in [5.41, 5.74) is 0.708. The Bertz CT molecular complexity index is 568. The number of rotatable bonds is 5. The second kappa shape index (κ2) is 8.24. The Balaban J connectivity index is 1.69. The molecule has 0 bridgehead atoms. The summed E-state index contributed by atoms with van der Waals surface area (Å²) in [6, 6.07) is 6.01. The molecular formula is C19H28BrNO3. The fourth-order valence-electron chi connectivity index (χ4n) is 2.86. The van der Waals surface area contributed by atoms with E-state index in [1.165, 1.54) is 0 Å². The van der Waals surface area contributed by atoms with E-state index in [0.29, 0.717) is 12.5 Å². The summed E-state index contributed by atoms with van der Waals surface area (Å²) in [5, 5.41) is 0. The molecule has 1 unspecified atom stereocenters. The maximum atomic E-state index is 12.1. The number of carbonyl (C=O) groups excluding carboxylic acids is 1. The van der Waals surface area contributed by atoms with Crippen LogP contribution in [-0.4, -0.2) is 36.3 Å². The van der Waals surface area contributed by atoms with Crippen LogP contribution in [0.5, 0.6) is 5.75 Å². The number of nitrogens with zero attached hydrogens (tertiary/aromatic N) is 1. The third-order valence-electron chi connectivity index (χ3n) is 4.17. The van der Waals surface area contributed by atoms with E-state index in [1.807, 2.05) is 43.9 Å². The van der Waals surface area contributed by atoms with Crippen LogP contribution < -0.4 is 4.74 Å². The lowest BCUT2D eigenvalue weighted by Gasteiger charge is -2.24. The van der Waals surface area contributed by atoms with Crippen LogP contribution in [-0.2, 0) is 4.74 Å². The molecule has 134 valence electrons. The van der Waals surface area contributed by atoms with Crippen molar-refractivity contribution in [2.24, 2.45) is 5.92 Å². The molecule has 1 aromatic rings. The molecule has 24 heavy (non-hydrogen) atoms. The monoisotopic (exact) mass is 397 g/mol. The highest BCUT2D eigenvalue weighted by Crippen LogP contribution is 2.26. The molecule has 1 aliphatic heterocycles. The first kappa shape index (κ1) is 19.1. The van der Waals surface area contributed by atoms with Crippen LogP contribution in [0, 0.1) is 12.8 Å². The Hall–Kier alpha value is -1.23. The van der Waals surface area contributed by atoms with E-state index < -0.39 is 5.60 Å². The first-order valence-corrected chi connectivity index (χ1v) is 9.41. The van der Waals surface area contributed by atoms with Gasteiger partial charge in [0.2, 0.25) is 0 Å². The summed E-state index contributed by atoms with van der Waals surface area (Å²) in [5.74, 6) is 1.48. The van der Waals surface area contributed by atoms with Gasteiger partial charge in [-0.2, -0.15) is 0 Å². The van der Waals surface area contributed by atoms with Gasteiger partial charge in [-0.3, -0.25) is 0 Å². The minimum atomic E-state index is -0.426. The highest BCUT2D eigenvalue weighted by Gasteiger charge is 2.29. The van der Waals surface area contributed by atoms with Crippen molar-refractivity contribution in [2.45, 2.75) is 52.6 Å². The molecule has 0 aliphatic carbocycles. The molecule has 2 rings (SSSR count). The number of hydrogen-bond acceptors (Lipinski definition) is 3. The third kappa shape index (κ3) is 5.69. The molecule has 0 N–H and O–H groups in total. The van der Waals surface area contributed by atoms with Gasteiger partial charge in [0.1, 0.15) is 11.4 Å². The van der Waals surface area contributed by atoms with Gasteiger partial charge < -0.3 is 14.4 Å². The van der Waals surface area contributed by atoms with Gasteiger partial charge in [-0.05, 0) is 65.0 Å². The highest BCUT2D eigenvalue weighted by molar-refractivity contribution is 9.10. The molecular weight excluding hydrogens is 370 g/mol. The predicted octanol–water partition coefficient (Wildman–Crippen LogP) is 5.17. The lowest BCUT2D eigenvalue weighted by atomic mass is 10.0. The molecule has 0 saturated carbocycles. The van der Waals surface area contributed by atoms with Gasteiger partial charge in [0, 0.05) is 23.1 Å². The van der Waals surface area contributed by atoms with E-state index in [2.05, 4.69) is 22.9 Å². The van der Waals surface area contributed by atoms with Crippen molar-refractivity contribution in [3.05, 3.63) is 28.2 Å². The van der Waals surface area contributed by atoms with E-state index >= 15 is 0 Å². The summed E-state index contributed by atoms with van der Waals surface area (Å²) < 4.78 is 12.4.